The van der Waals surface area contributed by atoms with Crippen LogP contribution in [0.25, 0.3) is 0 Å². The molecule has 0 aromatic carbocycles. The predicted octanol–water partition coefficient (Wildman–Crippen LogP) is -0.673. The van der Waals surface area contributed by atoms with Gasteiger partial charge >= 0.3 is 0 Å². The Labute approximate surface area is 96.4 Å². The molecule has 1 aliphatic heterocycles. The average molecular weight is 230 g/mol. The Morgan fingerprint density at radius 2 is 1.75 bits per heavy atom. The summed E-state index contributed by atoms with van der Waals surface area (Å²) in [5.41, 5.74) is -0.262. The van der Waals surface area contributed by atoms with E-state index >= 15 is 0 Å². The molecule has 0 bridgehead atoms. The summed E-state index contributed by atoms with van der Waals surface area (Å²) in [6.45, 7) is 8.24. The van der Waals surface area contributed by atoms with Crippen LogP contribution >= 0.6 is 0 Å². The van der Waals surface area contributed by atoms with Gasteiger partial charge in [0, 0.05) is 18.6 Å². The quantitative estimate of drug-likeness (QED) is 0.588. The highest BCUT2D eigenvalue weighted by molar-refractivity contribution is 5.82. The van der Waals surface area contributed by atoms with Crippen LogP contribution in [-0.4, -0.2) is 57.9 Å². The van der Waals surface area contributed by atoms with Gasteiger partial charge in [-0.25, -0.2) is 0 Å². The first-order chi connectivity index (χ1) is 7.20. The van der Waals surface area contributed by atoms with Gasteiger partial charge in [-0.05, 0) is 27.7 Å². The Morgan fingerprint density at radius 1 is 1.31 bits per heavy atom. The third-order valence-corrected chi connectivity index (χ3v) is 2.71. The lowest BCUT2D eigenvalue weighted by Gasteiger charge is -2.27. The molecule has 1 amide bonds. The number of carbonyl (C=O) groups is 1. The van der Waals surface area contributed by atoms with E-state index in [0.29, 0.717) is 13.1 Å². The molecule has 94 valence electrons. The summed E-state index contributed by atoms with van der Waals surface area (Å²) >= 11 is 0. The van der Waals surface area contributed by atoms with Crippen LogP contribution in [0.15, 0.2) is 0 Å². The second kappa shape index (κ2) is 4.69. The Bertz CT molecular complexity index is 252. The van der Waals surface area contributed by atoms with Crippen molar-refractivity contribution < 1.29 is 15.0 Å². The third kappa shape index (κ3) is 3.43. The first-order valence-electron chi connectivity index (χ1n) is 5.63. The van der Waals surface area contributed by atoms with Crippen LogP contribution in [0, 0.1) is 0 Å². The number of β-amino-alcohol motifs (C(OH)–C–C–N with tert-alkyl or cyclic N) is 2. The van der Waals surface area contributed by atoms with Crippen LogP contribution in [0.5, 0.6) is 0 Å². The summed E-state index contributed by atoms with van der Waals surface area (Å²) in [4.78, 5) is 13.6. The van der Waals surface area contributed by atoms with Crippen LogP contribution in [0.3, 0.4) is 0 Å². The maximum atomic E-state index is 11.8. The molecule has 1 rings (SSSR count). The van der Waals surface area contributed by atoms with Crippen molar-refractivity contribution in [3.05, 3.63) is 0 Å². The number of aliphatic hydroxyl groups is 2. The molecule has 0 spiro atoms. The maximum Gasteiger partial charge on any atom is 0.237 e. The van der Waals surface area contributed by atoms with Gasteiger partial charge in [0.25, 0.3) is 0 Å². The van der Waals surface area contributed by atoms with E-state index in [4.69, 9.17) is 0 Å². The minimum Gasteiger partial charge on any atom is -0.389 e. The summed E-state index contributed by atoms with van der Waals surface area (Å²) in [6.07, 6.45) is -1.49. The molecular weight excluding hydrogens is 208 g/mol. The smallest absolute Gasteiger partial charge is 0.237 e. The Kier molecular flexibility index (Phi) is 3.93. The molecule has 5 nitrogen and oxygen atoms in total. The second-order valence-electron chi connectivity index (χ2n) is 5.50. The molecule has 3 N–H and O–H groups in total. The molecule has 3 atom stereocenters. The Morgan fingerprint density at radius 3 is 2.12 bits per heavy atom. The number of hydrogen-bond donors (Lipinski definition) is 3. The van der Waals surface area contributed by atoms with Crippen molar-refractivity contribution in [1.29, 1.82) is 0 Å². The molecule has 1 saturated heterocycles. The molecule has 5 heteroatoms. The summed E-state index contributed by atoms with van der Waals surface area (Å²) < 4.78 is 0. The number of carbonyl (C=O) groups excluding carboxylic acids is 1. The lowest BCUT2D eigenvalue weighted by molar-refractivity contribution is -0.127. The highest BCUT2D eigenvalue weighted by Crippen LogP contribution is 2.14. The van der Waals surface area contributed by atoms with Crippen molar-refractivity contribution in [2.75, 3.05) is 13.1 Å². The fraction of sp³-hybridized carbons (Fsp3) is 0.909. The van der Waals surface area contributed by atoms with Gasteiger partial charge in [0.05, 0.1) is 18.2 Å². The maximum absolute atomic E-state index is 11.8. The SMILES string of the molecule is CC(C(=O)NC(C)(C)C)N1CC(O)C(O)C1. The predicted molar refractivity (Wildman–Crippen MR) is 60.9 cm³/mol. The number of likely N-dealkylation sites (tertiary alicyclic amines) is 1. The highest BCUT2D eigenvalue weighted by Gasteiger charge is 2.35. The fourth-order valence-corrected chi connectivity index (χ4v) is 1.75. The lowest BCUT2D eigenvalue weighted by atomic mass is 10.1. The average Bonchev–Trinajstić information content (AvgIpc) is 2.43. The molecule has 0 radical (unpaired) electrons. The summed E-state index contributed by atoms with van der Waals surface area (Å²) in [5.74, 6) is -0.0752. The molecule has 1 heterocycles. The van der Waals surface area contributed by atoms with Gasteiger partial charge < -0.3 is 15.5 Å². The Hall–Kier alpha value is -0.650. The standard InChI is InChI=1S/C11H22N2O3/c1-7(10(16)12-11(2,3)4)13-5-8(14)9(15)6-13/h7-9,14-15H,5-6H2,1-4H3,(H,12,16). The van der Waals surface area contributed by atoms with E-state index in [-0.39, 0.29) is 17.5 Å². The van der Waals surface area contributed by atoms with Gasteiger partial charge in [-0.1, -0.05) is 0 Å². The Balaban J connectivity index is 2.52. The van der Waals surface area contributed by atoms with Crippen LogP contribution in [0.4, 0.5) is 0 Å². The molecule has 0 saturated carbocycles. The largest absolute Gasteiger partial charge is 0.389 e. The third-order valence-electron chi connectivity index (χ3n) is 2.71. The van der Waals surface area contributed by atoms with Gasteiger partial charge in [-0.15, -0.1) is 0 Å². The van der Waals surface area contributed by atoms with Crippen LogP contribution < -0.4 is 5.32 Å². The zero-order valence-electron chi connectivity index (χ0n) is 10.4. The molecule has 0 aromatic heterocycles. The van der Waals surface area contributed by atoms with Crippen molar-refractivity contribution in [2.45, 2.75) is 51.5 Å². The molecule has 1 aliphatic rings. The van der Waals surface area contributed by atoms with Gasteiger partial charge in [0.15, 0.2) is 0 Å². The molecule has 0 aromatic rings. The number of nitrogens with one attached hydrogen (secondary N) is 1. The first-order valence-corrected chi connectivity index (χ1v) is 5.63. The first kappa shape index (κ1) is 13.4. The van der Waals surface area contributed by atoms with Crippen molar-refractivity contribution >= 4 is 5.91 Å². The van der Waals surface area contributed by atoms with Crippen LogP contribution in [0.2, 0.25) is 0 Å². The lowest BCUT2D eigenvalue weighted by Crippen LogP contribution is -2.50. The molecule has 3 unspecified atom stereocenters. The number of aliphatic hydroxyl groups excluding tert-OH is 2. The normalized spacial score (nSPS) is 29.1. The van der Waals surface area contributed by atoms with Gasteiger partial charge in [0.1, 0.15) is 0 Å². The van der Waals surface area contributed by atoms with E-state index in [1.54, 1.807) is 11.8 Å². The topological polar surface area (TPSA) is 72.8 Å². The highest BCUT2D eigenvalue weighted by atomic mass is 16.3. The molecule has 1 fully saturated rings. The van der Waals surface area contributed by atoms with E-state index < -0.39 is 12.2 Å². The number of nitrogens with zero attached hydrogens (tertiary/aromatic N) is 1. The number of amides is 1. The summed E-state index contributed by atoms with van der Waals surface area (Å²) in [6, 6.07) is -0.328. The zero-order valence-corrected chi connectivity index (χ0v) is 10.4. The summed E-state index contributed by atoms with van der Waals surface area (Å²) in [5, 5.41) is 21.7. The minimum atomic E-state index is -0.745. The van der Waals surface area contributed by atoms with Crippen molar-refractivity contribution in [2.24, 2.45) is 0 Å². The zero-order chi connectivity index (χ0) is 12.5. The molecule has 0 aliphatic carbocycles. The van der Waals surface area contributed by atoms with Gasteiger partial charge in [-0.2, -0.15) is 0 Å². The summed E-state index contributed by atoms with van der Waals surface area (Å²) in [7, 11) is 0. The van der Waals surface area contributed by atoms with Crippen LogP contribution in [0.1, 0.15) is 27.7 Å². The number of rotatable bonds is 2. The molecular formula is C11H22N2O3. The second-order valence-corrected chi connectivity index (χ2v) is 5.50. The monoisotopic (exact) mass is 230 g/mol. The van der Waals surface area contributed by atoms with E-state index in [9.17, 15) is 15.0 Å². The molecule has 16 heavy (non-hydrogen) atoms. The van der Waals surface area contributed by atoms with Crippen molar-refractivity contribution in [3.8, 4) is 0 Å². The van der Waals surface area contributed by atoms with E-state index in [0.717, 1.165) is 0 Å². The van der Waals surface area contributed by atoms with Gasteiger partial charge in [-0.3, -0.25) is 9.69 Å². The van der Waals surface area contributed by atoms with Crippen molar-refractivity contribution in [3.63, 3.8) is 0 Å². The van der Waals surface area contributed by atoms with E-state index in [1.165, 1.54) is 0 Å². The minimum absolute atomic E-state index is 0.0752. The van der Waals surface area contributed by atoms with Crippen molar-refractivity contribution in [1.82, 2.24) is 10.2 Å². The number of hydrogen-bond acceptors (Lipinski definition) is 4. The van der Waals surface area contributed by atoms with E-state index in [2.05, 4.69) is 5.32 Å². The van der Waals surface area contributed by atoms with Gasteiger partial charge in [0.2, 0.25) is 5.91 Å². The van der Waals surface area contributed by atoms with E-state index in [1.807, 2.05) is 20.8 Å². The fourth-order valence-electron chi connectivity index (χ4n) is 1.75. The van der Waals surface area contributed by atoms with Crippen LogP contribution in [-0.2, 0) is 4.79 Å².